The lowest BCUT2D eigenvalue weighted by Gasteiger charge is -2.27. The summed E-state index contributed by atoms with van der Waals surface area (Å²) < 4.78 is 9.50. The van der Waals surface area contributed by atoms with Crippen molar-refractivity contribution >= 4 is 23.6 Å². The molecule has 16 heteroatoms. The van der Waals surface area contributed by atoms with Crippen LogP contribution in [0.15, 0.2) is 70.3 Å². The minimum absolute atomic E-state index is 0.0145. The van der Waals surface area contributed by atoms with Crippen molar-refractivity contribution in [1.29, 1.82) is 0 Å². The highest BCUT2D eigenvalue weighted by molar-refractivity contribution is 5.97. The first-order valence-electron chi connectivity index (χ1n) is 18.7. The zero-order valence-corrected chi connectivity index (χ0v) is 32.9. The molecule has 0 aliphatic carbocycles. The van der Waals surface area contributed by atoms with E-state index in [1.54, 1.807) is 31.2 Å². The van der Waals surface area contributed by atoms with Crippen molar-refractivity contribution in [2.24, 2.45) is 25.9 Å². The highest BCUT2D eigenvalue weighted by Crippen LogP contribution is 2.22. The molecule has 2 aromatic carbocycles. The first-order valence-corrected chi connectivity index (χ1v) is 18.7. The SMILES string of the molecule is Cc1nc2n(n1)CC(=O)N[C@@H](CC(C)C)COc1ccc(cc1)C[C@@H](NC(=O)c1cc(=O)n(C)c(=O)n1C)C(=O)N[C@@H](Cc1ccccc1)C(=O)N[C@H]2C(C)C. The molecular formula is C40H51N9O7. The van der Waals surface area contributed by atoms with Gasteiger partial charge in [-0.2, -0.15) is 5.10 Å². The third kappa shape index (κ3) is 10.4. The summed E-state index contributed by atoms with van der Waals surface area (Å²) in [5.41, 5.74) is -0.214. The average Bonchev–Trinajstić information content (AvgIpc) is 3.51. The van der Waals surface area contributed by atoms with E-state index < -0.39 is 47.1 Å². The van der Waals surface area contributed by atoms with Crippen LogP contribution in [0.1, 0.15) is 73.4 Å². The van der Waals surface area contributed by atoms with Gasteiger partial charge in [0, 0.05) is 33.0 Å². The Balaban J connectivity index is 1.56. The summed E-state index contributed by atoms with van der Waals surface area (Å²) in [6, 6.07) is 13.7. The molecule has 6 rings (SSSR count). The molecular weight excluding hydrogens is 718 g/mol. The van der Waals surface area contributed by atoms with Gasteiger partial charge in [0.2, 0.25) is 17.7 Å². The molecule has 2 aliphatic rings. The van der Waals surface area contributed by atoms with Crippen LogP contribution in [-0.2, 0) is 47.9 Å². The Bertz CT molecular complexity index is 2160. The molecule has 0 spiro atoms. The molecule has 2 aliphatic heterocycles. The van der Waals surface area contributed by atoms with E-state index in [-0.39, 0.29) is 55.5 Å². The van der Waals surface area contributed by atoms with Crippen molar-refractivity contribution < 1.29 is 23.9 Å². The van der Waals surface area contributed by atoms with Crippen LogP contribution in [0, 0.1) is 18.8 Å². The summed E-state index contributed by atoms with van der Waals surface area (Å²) in [6.07, 6.45) is 0.736. The molecule has 0 saturated heterocycles. The molecule has 0 fully saturated rings. The Morgan fingerprint density at radius 2 is 1.61 bits per heavy atom. The molecule has 16 nitrogen and oxygen atoms in total. The van der Waals surface area contributed by atoms with Crippen molar-refractivity contribution in [3.8, 4) is 5.75 Å². The van der Waals surface area contributed by atoms with E-state index in [9.17, 15) is 28.8 Å². The third-order valence-electron chi connectivity index (χ3n) is 9.57. The number of aryl methyl sites for hydroxylation is 1. The summed E-state index contributed by atoms with van der Waals surface area (Å²) in [6.45, 7) is 9.66. The highest BCUT2D eigenvalue weighted by atomic mass is 16.5. The molecule has 2 bridgehead atoms. The van der Waals surface area contributed by atoms with Crippen LogP contribution >= 0.6 is 0 Å². The molecule has 298 valence electrons. The van der Waals surface area contributed by atoms with Crippen LogP contribution in [0.5, 0.6) is 5.75 Å². The summed E-state index contributed by atoms with van der Waals surface area (Å²) in [5, 5.41) is 16.2. The van der Waals surface area contributed by atoms with Gasteiger partial charge in [0.1, 0.15) is 42.5 Å². The van der Waals surface area contributed by atoms with Crippen LogP contribution in [-0.4, -0.2) is 72.3 Å². The quantitative estimate of drug-likeness (QED) is 0.215. The molecule has 4 N–H and O–H groups in total. The lowest BCUT2D eigenvalue weighted by molar-refractivity contribution is -0.130. The Morgan fingerprint density at radius 1 is 0.911 bits per heavy atom. The van der Waals surface area contributed by atoms with Gasteiger partial charge in [-0.3, -0.25) is 33.1 Å². The molecule has 0 radical (unpaired) electrons. The zero-order chi connectivity index (χ0) is 40.7. The van der Waals surface area contributed by atoms with Gasteiger partial charge in [0.05, 0.1) is 12.1 Å². The minimum Gasteiger partial charge on any atom is -0.491 e. The van der Waals surface area contributed by atoms with E-state index in [4.69, 9.17) is 4.74 Å². The number of ether oxygens (including phenoxy) is 1. The number of nitrogens with zero attached hydrogens (tertiary/aromatic N) is 5. The minimum atomic E-state index is -1.25. The number of rotatable bonds is 7. The average molecular weight is 770 g/mol. The molecule has 56 heavy (non-hydrogen) atoms. The zero-order valence-electron chi connectivity index (χ0n) is 32.9. The van der Waals surface area contributed by atoms with Crippen LogP contribution in [0.3, 0.4) is 0 Å². The first kappa shape index (κ1) is 41.1. The predicted molar refractivity (Wildman–Crippen MR) is 208 cm³/mol. The van der Waals surface area contributed by atoms with Gasteiger partial charge >= 0.3 is 5.69 Å². The van der Waals surface area contributed by atoms with Crippen LogP contribution < -0.4 is 37.3 Å². The van der Waals surface area contributed by atoms with Gasteiger partial charge in [-0.25, -0.2) is 14.5 Å². The Morgan fingerprint density at radius 3 is 2.27 bits per heavy atom. The molecule has 4 amide bonds. The second-order valence-corrected chi connectivity index (χ2v) is 15.0. The van der Waals surface area contributed by atoms with E-state index >= 15 is 0 Å². The van der Waals surface area contributed by atoms with Crippen LogP contribution in [0.4, 0.5) is 0 Å². The third-order valence-corrected chi connectivity index (χ3v) is 9.57. The predicted octanol–water partition coefficient (Wildman–Crippen LogP) is 1.49. The fourth-order valence-electron chi connectivity index (χ4n) is 6.63. The van der Waals surface area contributed by atoms with E-state index in [1.165, 1.54) is 18.8 Å². The maximum Gasteiger partial charge on any atom is 0.331 e. The van der Waals surface area contributed by atoms with Crippen molar-refractivity contribution in [3.63, 3.8) is 0 Å². The highest BCUT2D eigenvalue weighted by Gasteiger charge is 2.32. The second kappa shape index (κ2) is 18.0. The number of aromatic nitrogens is 5. The summed E-state index contributed by atoms with van der Waals surface area (Å²) >= 11 is 0. The maximum absolute atomic E-state index is 14.3. The number of nitrogens with one attached hydrogen (secondary N) is 4. The smallest absolute Gasteiger partial charge is 0.331 e. The molecule has 4 aromatic rings. The van der Waals surface area contributed by atoms with E-state index in [0.29, 0.717) is 29.4 Å². The number of amides is 4. The number of hydrogen-bond donors (Lipinski definition) is 4. The summed E-state index contributed by atoms with van der Waals surface area (Å²) in [7, 11) is 2.66. The van der Waals surface area contributed by atoms with Crippen molar-refractivity contribution in [2.75, 3.05) is 6.61 Å². The first-order chi connectivity index (χ1) is 26.6. The molecule has 0 unspecified atom stereocenters. The van der Waals surface area contributed by atoms with Crippen molar-refractivity contribution in [3.05, 3.63) is 110 Å². The van der Waals surface area contributed by atoms with Crippen LogP contribution in [0.2, 0.25) is 0 Å². The molecule has 4 atom stereocenters. The monoisotopic (exact) mass is 769 g/mol. The largest absolute Gasteiger partial charge is 0.491 e. The van der Waals surface area contributed by atoms with Crippen molar-refractivity contribution in [1.82, 2.24) is 45.2 Å². The lowest BCUT2D eigenvalue weighted by Crippen LogP contribution is -2.56. The van der Waals surface area contributed by atoms with Crippen LogP contribution in [0.25, 0.3) is 0 Å². The normalized spacial score (nSPS) is 19.8. The van der Waals surface area contributed by atoms with E-state index in [1.807, 2.05) is 44.2 Å². The van der Waals surface area contributed by atoms with Gasteiger partial charge in [0.15, 0.2) is 5.82 Å². The standard InChI is InChI=1S/C40H51N9O7/c1-23(2)17-28-22-56-29-15-13-27(14-16-29)19-30(44-39(54)32-20-34(51)48(7)40(55)47(32)6)37(52)43-31(18-26-11-9-8-10-12-26)38(53)45-35(24(3)4)36-41-25(5)46-49(36)21-33(50)42-28/h8-16,20,23-24,28,30-31,35H,17-19,21-22H2,1-7H3,(H,42,50)(H,43,52)(H,44,54)(H,45,53)/t28-,30+,31-,35-/m0/s1. The number of hydrogen-bond acceptors (Lipinski definition) is 9. The fraction of sp³-hybridized carbons (Fsp3) is 0.450. The lowest BCUT2D eigenvalue weighted by atomic mass is 10.00. The maximum atomic E-state index is 14.3. The number of carbonyl (C=O) groups is 4. The van der Waals surface area contributed by atoms with Gasteiger partial charge in [-0.05, 0) is 48.4 Å². The summed E-state index contributed by atoms with van der Waals surface area (Å²) in [4.78, 5) is 85.7. The molecule has 0 saturated carbocycles. The number of benzene rings is 2. The number of fused-ring (bicyclic) bond motifs is 14. The fourth-order valence-corrected chi connectivity index (χ4v) is 6.63. The molecule has 4 heterocycles. The summed E-state index contributed by atoms with van der Waals surface area (Å²) in [5.74, 6) is -0.951. The van der Waals surface area contributed by atoms with Crippen molar-refractivity contribution in [2.45, 2.75) is 84.6 Å². The second-order valence-electron chi connectivity index (χ2n) is 15.0. The topological polar surface area (TPSA) is 200 Å². The van der Waals surface area contributed by atoms with Gasteiger partial charge in [-0.1, -0.05) is 70.2 Å². The van der Waals surface area contributed by atoms with E-state index in [2.05, 4.69) is 45.2 Å². The van der Waals surface area contributed by atoms with E-state index in [0.717, 1.165) is 20.8 Å². The van der Waals surface area contributed by atoms with Gasteiger partial charge in [0.25, 0.3) is 11.5 Å². The Labute approximate surface area is 325 Å². The Kier molecular flexibility index (Phi) is 13.3. The molecule has 2 aromatic heterocycles. The Hall–Kier alpha value is -6.06. The van der Waals surface area contributed by atoms with Gasteiger partial charge in [-0.15, -0.1) is 0 Å². The van der Waals surface area contributed by atoms with Gasteiger partial charge < -0.3 is 26.0 Å². The number of carbonyl (C=O) groups excluding carboxylic acids is 4.